The van der Waals surface area contributed by atoms with Crippen LogP contribution in [0.1, 0.15) is 6.42 Å². The van der Waals surface area contributed by atoms with E-state index in [-0.39, 0.29) is 23.9 Å². The molecule has 2 rings (SSSR count). The topological polar surface area (TPSA) is 70.4 Å². The molecule has 1 aliphatic heterocycles. The zero-order valence-electron chi connectivity index (χ0n) is 9.48. The van der Waals surface area contributed by atoms with Crippen molar-refractivity contribution in [3.05, 3.63) is 30.1 Å². The molecule has 0 aromatic heterocycles. The Hall–Kier alpha value is -1.50. The summed E-state index contributed by atoms with van der Waals surface area (Å²) in [5, 5.41) is 0. The second-order valence-electron chi connectivity index (χ2n) is 4.06. The molecule has 2 unspecified atom stereocenters. The van der Waals surface area contributed by atoms with Crippen LogP contribution in [0.2, 0.25) is 0 Å². The van der Waals surface area contributed by atoms with Crippen LogP contribution in [-0.4, -0.2) is 25.2 Å². The number of carbonyl (C=O) groups excluding carboxylic acids is 1. The average Bonchev–Trinajstić information content (AvgIpc) is 2.74. The van der Waals surface area contributed by atoms with Gasteiger partial charge in [-0.15, -0.1) is 0 Å². The molecule has 0 spiro atoms. The molecule has 6 heteroatoms. The Balaban J connectivity index is 2.09. The summed E-state index contributed by atoms with van der Waals surface area (Å²) >= 11 is 0. The molecule has 17 heavy (non-hydrogen) atoms. The number of carbonyl (C=O) groups is 1. The SMILES string of the molecule is CN(C(=O)C1CC(N)NN1)c1cccc(F)c1. The van der Waals surface area contributed by atoms with Gasteiger partial charge in [0.25, 0.3) is 0 Å². The molecule has 1 aromatic carbocycles. The molecule has 92 valence electrons. The zero-order valence-corrected chi connectivity index (χ0v) is 9.48. The van der Waals surface area contributed by atoms with Crippen LogP contribution in [0, 0.1) is 5.82 Å². The summed E-state index contributed by atoms with van der Waals surface area (Å²) < 4.78 is 13.0. The van der Waals surface area contributed by atoms with Crippen LogP contribution in [0.3, 0.4) is 0 Å². The van der Waals surface area contributed by atoms with Crippen molar-refractivity contribution in [1.29, 1.82) is 0 Å². The lowest BCUT2D eigenvalue weighted by Crippen LogP contribution is -2.44. The summed E-state index contributed by atoms with van der Waals surface area (Å²) in [6.07, 6.45) is 0.281. The molecule has 4 N–H and O–H groups in total. The van der Waals surface area contributed by atoms with Gasteiger partial charge in [0.1, 0.15) is 11.9 Å². The van der Waals surface area contributed by atoms with E-state index < -0.39 is 0 Å². The Morgan fingerprint density at radius 1 is 1.53 bits per heavy atom. The van der Waals surface area contributed by atoms with E-state index in [9.17, 15) is 9.18 Å². The Bertz CT molecular complexity index is 426. The van der Waals surface area contributed by atoms with Gasteiger partial charge >= 0.3 is 0 Å². The Labute approximate surface area is 98.7 Å². The number of hydrogen-bond donors (Lipinski definition) is 3. The molecular weight excluding hydrogens is 223 g/mol. The van der Waals surface area contributed by atoms with Crippen LogP contribution in [0.25, 0.3) is 0 Å². The summed E-state index contributed by atoms with van der Waals surface area (Å²) in [5.74, 6) is -0.507. The standard InChI is InChI=1S/C11H15FN4O/c1-16(8-4-2-3-7(12)5-8)11(17)9-6-10(13)15-14-9/h2-5,9-10,14-15H,6,13H2,1H3. The van der Waals surface area contributed by atoms with Crippen LogP contribution in [0.4, 0.5) is 10.1 Å². The van der Waals surface area contributed by atoms with Gasteiger partial charge in [0.05, 0.1) is 6.17 Å². The molecule has 0 aliphatic carbocycles. The Kier molecular flexibility index (Phi) is 3.37. The number of halogens is 1. The summed E-state index contributed by atoms with van der Waals surface area (Å²) in [5.41, 5.74) is 11.7. The number of benzene rings is 1. The van der Waals surface area contributed by atoms with E-state index in [1.54, 1.807) is 19.2 Å². The van der Waals surface area contributed by atoms with E-state index in [4.69, 9.17) is 5.73 Å². The normalized spacial score (nSPS) is 23.7. The van der Waals surface area contributed by atoms with Crippen LogP contribution in [-0.2, 0) is 4.79 Å². The number of hydrogen-bond acceptors (Lipinski definition) is 4. The Morgan fingerprint density at radius 2 is 2.29 bits per heavy atom. The lowest BCUT2D eigenvalue weighted by Gasteiger charge is -2.20. The molecule has 2 atom stereocenters. The van der Waals surface area contributed by atoms with Crippen molar-refractivity contribution in [2.45, 2.75) is 18.6 Å². The van der Waals surface area contributed by atoms with Crippen molar-refractivity contribution >= 4 is 11.6 Å². The molecule has 1 aliphatic rings. The van der Waals surface area contributed by atoms with Crippen molar-refractivity contribution in [2.24, 2.45) is 5.73 Å². The van der Waals surface area contributed by atoms with Crippen molar-refractivity contribution in [2.75, 3.05) is 11.9 Å². The number of hydrazine groups is 1. The highest BCUT2D eigenvalue weighted by Crippen LogP contribution is 2.16. The molecule has 0 bridgehead atoms. The lowest BCUT2D eigenvalue weighted by molar-refractivity contribution is -0.120. The summed E-state index contributed by atoms with van der Waals surface area (Å²) in [4.78, 5) is 13.5. The van der Waals surface area contributed by atoms with E-state index in [1.807, 2.05) is 0 Å². The van der Waals surface area contributed by atoms with Gasteiger partial charge in [-0.05, 0) is 18.2 Å². The van der Waals surface area contributed by atoms with Crippen LogP contribution in [0.5, 0.6) is 0 Å². The summed E-state index contributed by atoms with van der Waals surface area (Å²) in [6, 6.07) is 5.54. The van der Waals surface area contributed by atoms with E-state index in [2.05, 4.69) is 10.9 Å². The second-order valence-corrected chi connectivity index (χ2v) is 4.06. The monoisotopic (exact) mass is 238 g/mol. The predicted octanol–water partition coefficient (Wildman–Crippen LogP) is -0.0602. The molecule has 1 aromatic rings. The fraction of sp³-hybridized carbons (Fsp3) is 0.364. The minimum absolute atomic E-state index is 0.143. The number of nitrogens with zero attached hydrogens (tertiary/aromatic N) is 1. The Morgan fingerprint density at radius 3 is 2.88 bits per heavy atom. The van der Waals surface area contributed by atoms with E-state index >= 15 is 0 Å². The smallest absolute Gasteiger partial charge is 0.245 e. The predicted molar refractivity (Wildman–Crippen MR) is 62.5 cm³/mol. The third-order valence-corrected chi connectivity index (χ3v) is 2.76. The summed E-state index contributed by atoms with van der Waals surface area (Å²) in [6.45, 7) is 0. The molecular formula is C11H15FN4O. The van der Waals surface area contributed by atoms with Crippen LogP contribution in [0.15, 0.2) is 24.3 Å². The lowest BCUT2D eigenvalue weighted by atomic mass is 10.1. The van der Waals surface area contributed by atoms with Gasteiger partial charge in [0, 0.05) is 19.2 Å². The fourth-order valence-electron chi connectivity index (χ4n) is 1.79. The van der Waals surface area contributed by atoms with Gasteiger partial charge in [-0.3, -0.25) is 4.79 Å². The number of nitrogens with two attached hydrogens (primary N) is 1. The first kappa shape index (κ1) is 12.0. The minimum atomic E-state index is -0.377. The van der Waals surface area contributed by atoms with E-state index in [1.165, 1.54) is 17.0 Å². The molecule has 0 radical (unpaired) electrons. The maximum absolute atomic E-state index is 13.0. The average molecular weight is 238 g/mol. The van der Waals surface area contributed by atoms with Gasteiger partial charge in [-0.25, -0.2) is 15.2 Å². The van der Waals surface area contributed by atoms with Gasteiger partial charge in [0.2, 0.25) is 5.91 Å². The third-order valence-electron chi connectivity index (χ3n) is 2.76. The highest BCUT2D eigenvalue weighted by molar-refractivity contribution is 5.96. The number of likely N-dealkylation sites (N-methyl/N-ethyl adjacent to an activating group) is 1. The first-order valence-corrected chi connectivity index (χ1v) is 5.37. The van der Waals surface area contributed by atoms with Crippen molar-refractivity contribution in [3.8, 4) is 0 Å². The van der Waals surface area contributed by atoms with Crippen molar-refractivity contribution < 1.29 is 9.18 Å². The summed E-state index contributed by atoms with van der Waals surface area (Å²) in [7, 11) is 1.61. The largest absolute Gasteiger partial charge is 0.315 e. The zero-order chi connectivity index (χ0) is 12.4. The van der Waals surface area contributed by atoms with E-state index in [0.717, 1.165) is 0 Å². The third kappa shape index (κ3) is 2.60. The first-order valence-electron chi connectivity index (χ1n) is 5.37. The molecule has 1 heterocycles. The molecule has 5 nitrogen and oxygen atoms in total. The molecule has 0 saturated carbocycles. The number of amides is 1. The maximum atomic E-state index is 13.0. The first-order chi connectivity index (χ1) is 8.08. The number of anilines is 1. The quantitative estimate of drug-likeness (QED) is 0.675. The second kappa shape index (κ2) is 4.79. The van der Waals surface area contributed by atoms with Crippen molar-refractivity contribution in [3.63, 3.8) is 0 Å². The van der Waals surface area contributed by atoms with Crippen LogP contribution >= 0.6 is 0 Å². The van der Waals surface area contributed by atoms with Gasteiger partial charge in [0.15, 0.2) is 0 Å². The highest BCUT2D eigenvalue weighted by atomic mass is 19.1. The van der Waals surface area contributed by atoms with Crippen LogP contribution < -0.4 is 21.5 Å². The van der Waals surface area contributed by atoms with Gasteiger partial charge < -0.3 is 10.6 Å². The molecule has 1 saturated heterocycles. The highest BCUT2D eigenvalue weighted by Gasteiger charge is 2.29. The van der Waals surface area contributed by atoms with Gasteiger partial charge in [-0.1, -0.05) is 6.07 Å². The minimum Gasteiger partial charge on any atom is -0.315 e. The molecule has 1 amide bonds. The molecule has 1 fully saturated rings. The fourth-order valence-corrected chi connectivity index (χ4v) is 1.79. The maximum Gasteiger partial charge on any atom is 0.245 e. The number of rotatable bonds is 2. The van der Waals surface area contributed by atoms with E-state index in [0.29, 0.717) is 12.1 Å². The number of nitrogens with one attached hydrogen (secondary N) is 2. The van der Waals surface area contributed by atoms with Crippen molar-refractivity contribution in [1.82, 2.24) is 10.9 Å². The van der Waals surface area contributed by atoms with Gasteiger partial charge in [-0.2, -0.15) is 0 Å².